The normalized spacial score (nSPS) is 16.2. The van der Waals surface area contributed by atoms with Crippen LogP contribution in [0.5, 0.6) is 5.75 Å². The summed E-state index contributed by atoms with van der Waals surface area (Å²) in [6.07, 6.45) is 0.109. The Morgan fingerprint density at radius 2 is 1.61 bits per heavy atom. The number of benzene rings is 3. The molecular formula is C23H18ClNO3. The molecule has 1 aliphatic rings. The Kier molecular flexibility index (Phi) is 5.13. The van der Waals surface area contributed by atoms with Crippen LogP contribution in [0.3, 0.4) is 0 Å². The Morgan fingerprint density at radius 3 is 2.39 bits per heavy atom. The zero-order valence-corrected chi connectivity index (χ0v) is 15.8. The van der Waals surface area contributed by atoms with E-state index in [1.165, 1.54) is 0 Å². The standard InChI is InChI=1S/C23H18ClNO3/c24-19-11-5-6-12-20(19)25-15-17(14-22(25)26)23(27)28-21-13-7-4-10-18(21)16-8-2-1-3-9-16/h1-13,17H,14-15H2/t17-/m0/s1. The third-order valence-electron chi connectivity index (χ3n) is 4.78. The van der Waals surface area contributed by atoms with Crippen molar-refractivity contribution in [1.82, 2.24) is 0 Å². The number of hydrogen-bond acceptors (Lipinski definition) is 3. The van der Waals surface area contributed by atoms with Crippen molar-refractivity contribution in [1.29, 1.82) is 0 Å². The number of anilines is 1. The van der Waals surface area contributed by atoms with Gasteiger partial charge in [-0.2, -0.15) is 0 Å². The number of nitrogens with zero attached hydrogens (tertiary/aromatic N) is 1. The van der Waals surface area contributed by atoms with Gasteiger partial charge in [-0.15, -0.1) is 0 Å². The van der Waals surface area contributed by atoms with Crippen LogP contribution in [0.1, 0.15) is 6.42 Å². The van der Waals surface area contributed by atoms with Crippen LogP contribution in [-0.4, -0.2) is 18.4 Å². The zero-order chi connectivity index (χ0) is 19.5. The van der Waals surface area contributed by atoms with E-state index in [1.807, 2.05) is 54.6 Å². The minimum atomic E-state index is -0.535. The van der Waals surface area contributed by atoms with Crippen molar-refractivity contribution in [2.75, 3.05) is 11.4 Å². The molecule has 0 bridgehead atoms. The number of esters is 1. The molecule has 0 aromatic heterocycles. The van der Waals surface area contributed by atoms with Gasteiger partial charge < -0.3 is 9.64 Å². The van der Waals surface area contributed by atoms with Crippen molar-refractivity contribution in [2.24, 2.45) is 5.92 Å². The van der Waals surface area contributed by atoms with Gasteiger partial charge in [-0.25, -0.2) is 0 Å². The molecule has 1 fully saturated rings. The number of carbonyl (C=O) groups is 2. The van der Waals surface area contributed by atoms with Crippen molar-refractivity contribution >= 4 is 29.2 Å². The summed E-state index contributed by atoms with van der Waals surface area (Å²) in [4.78, 5) is 26.8. The highest BCUT2D eigenvalue weighted by atomic mass is 35.5. The van der Waals surface area contributed by atoms with E-state index < -0.39 is 11.9 Å². The zero-order valence-electron chi connectivity index (χ0n) is 15.0. The molecular weight excluding hydrogens is 374 g/mol. The van der Waals surface area contributed by atoms with Crippen LogP contribution in [0.25, 0.3) is 11.1 Å². The van der Waals surface area contributed by atoms with E-state index in [-0.39, 0.29) is 18.9 Å². The first-order valence-corrected chi connectivity index (χ1v) is 9.42. The van der Waals surface area contributed by atoms with Crippen molar-refractivity contribution < 1.29 is 14.3 Å². The van der Waals surface area contributed by atoms with Crippen molar-refractivity contribution in [3.8, 4) is 16.9 Å². The summed E-state index contributed by atoms with van der Waals surface area (Å²) in [5.41, 5.74) is 2.42. The molecule has 1 amide bonds. The van der Waals surface area contributed by atoms with Crippen LogP contribution in [-0.2, 0) is 9.59 Å². The monoisotopic (exact) mass is 391 g/mol. The number of rotatable bonds is 4. The minimum absolute atomic E-state index is 0.109. The van der Waals surface area contributed by atoms with Crippen LogP contribution in [0.4, 0.5) is 5.69 Å². The van der Waals surface area contributed by atoms with Gasteiger partial charge in [0.05, 0.1) is 16.6 Å². The molecule has 28 heavy (non-hydrogen) atoms. The highest BCUT2D eigenvalue weighted by Crippen LogP contribution is 2.33. The third kappa shape index (κ3) is 3.64. The first kappa shape index (κ1) is 18.3. The van der Waals surface area contributed by atoms with Gasteiger partial charge >= 0.3 is 5.97 Å². The first-order valence-electron chi connectivity index (χ1n) is 9.04. The molecule has 0 saturated carbocycles. The molecule has 5 heteroatoms. The summed E-state index contributed by atoms with van der Waals surface area (Å²) >= 11 is 6.21. The topological polar surface area (TPSA) is 46.6 Å². The molecule has 0 aliphatic carbocycles. The van der Waals surface area contributed by atoms with Gasteiger partial charge in [0, 0.05) is 18.5 Å². The fraction of sp³-hybridized carbons (Fsp3) is 0.130. The molecule has 3 aromatic rings. The average molecular weight is 392 g/mol. The Balaban J connectivity index is 1.53. The minimum Gasteiger partial charge on any atom is -0.426 e. The third-order valence-corrected chi connectivity index (χ3v) is 5.10. The van der Waals surface area contributed by atoms with Gasteiger partial charge in [-0.05, 0) is 23.8 Å². The first-order chi connectivity index (χ1) is 13.6. The number of para-hydroxylation sites is 2. The number of amides is 1. The van der Waals surface area contributed by atoms with Gasteiger partial charge in [0.2, 0.25) is 5.91 Å². The highest BCUT2D eigenvalue weighted by molar-refractivity contribution is 6.33. The molecule has 0 radical (unpaired) electrons. The molecule has 1 aliphatic heterocycles. The van der Waals surface area contributed by atoms with Crippen LogP contribution < -0.4 is 9.64 Å². The predicted molar refractivity (Wildman–Crippen MR) is 109 cm³/mol. The second kappa shape index (κ2) is 7.87. The summed E-state index contributed by atoms with van der Waals surface area (Å²) in [6.45, 7) is 0.259. The lowest BCUT2D eigenvalue weighted by atomic mass is 10.0. The number of halogens is 1. The highest BCUT2D eigenvalue weighted by Gasteiger charge is 2.37. The molecule has 0 unspecified atom stereocenters. The summed E-state index contributed by atoms with van der Waals surface area (Å²) in [5, 5.41) is 0.485. The van der Waals surface area contributed by atoms with Crippen molar-refractivity contribution in [3.05, 3.63) is 83.9 Å². The van der Waals surface area contributed by atoms with Gasteiger partial charge in [0.15, 0.2) is 0 Å². The molecule has 4 nitrogen and oxygen atoms in total. The van der Waals surface area contributed by atoms with E-state index in [2.05, 4.69) is 0 Å². The summed E-state index contributed by atoms with van der Waals surface area (Å²) in [5.74, 6) is -0.590. The van der Waals surface area contributed by atoms with Crippen LogP contribution in [0.15, 0.2) is 78.9 Å². The molecule has 1 saturated heterocycles. The lowest BCUT2D eigenvalue weighted by Crippen LogP contribution is -2.27. The smallest absolute Gasteiger partial charge is 0.316 e. The maximum Gasteiger partial charge on any atom is 0.316 e. The Bertz CT molecular complexity index is 1020. The molecule has 4 rings (SSSR count). The van der Waals surface area contributed by atoms with Gasteiger partial charge in [-0.3, -0.25) is 9.59 Å². The number of carbonyl (C=O) groups excluding carboxylic acids is 2. The Labute approximate surface area is 168 Å². The second-order valence-electron chi connectivity index (χ2n) is 6.64. The van der Waals surface area contributed by atoms with Crippen LogP contribution in [0.2, 0.25) is 5.02 Å². The summed E-state index contributed by atoms with van der Waals surface area (Å²) in [6, 6.07) is 24.3. The largest absolute Gasteiger partial charge is 0.426 e. The maximum atomic E-state index is 12.8. The fourth-order valence-electron chi connectivity index (χ4n) is 3.37. The molecule has 140 valence electrons. The van der Waals surface area contributed by atoms with Gasteiger partial charge in [0.25, 0.3) is 0 Å². The van der Waals surface area contributed by atoms with E-state index in [1.54, 1.807) is 29.2 Å². The second-order valence-corrected chi connectivity index (χ2v) is 7.05. The van der Waals surface area contributed by atoms with Crippen molar-refractivity contribution in [2.45, 2.75) is 6.42 Å². The molecule has 0 N–H and O–H groups in total. The maximum absolute atomic E-state index is 12.8. The number of hydrogen-bond donors (Lipinski definition) is 0. The quantitative estimate of drug-likeness (QED) is 0.466. The van der Waals surface area contributed by atoms with E-state index in [0.29, 0.717) is 16.5 Å². The van der Waals surface area contributed by atoms with Gasteiger partial charge in [0.1, 0.15) is 5.75 Å². The van der Waals surface area contributed by atoms with Crippen LogP contribution >= 0.6 is 11.6 Å². The van der Waals surface area contributed by atoms with E-state index in [0.717, 1.165) is 11.1 Å². The fourth-order valence-corrected chi connectivity index (χ4v) is 3.61. The molecule has 1 heterocycles. The predicted octanol–water partition coefficient (Wildman–Crippen LogP) is 4.97. The van der Waals surface area contributed by atoms with E-state index >= 15 is 0 Å². The summed E-state index contributed by atoms with van der Waals surface area (Å²) < 4.78 is 5.70. The Morgan fingerprint density at radius 1 is 0.929 bits per heavy atom. The van der Waals surface area contributed by atoms with Crippen molar-refractivity contribution in [3.63, 3.8) is 0 Å². The lowest BCUT2D eigenvalue weighted by Gasteiger charge is -2.18. The number of ether oxygens (including phenoxy) is 1. The Hall–Kier alpha value is -3.11. The van der Waals surface area contributed by atoms with Gasteiger partial charge in [-0.1, -0.05) is 72.3 Å². The average Bonchev–Trinajstić information content (AvgIpc) is 3.11. The molecule has 3 aromatic carbocycles. The SMILES string of the molecule is O=C(Oc1ccccc1-c1ccccc1)[C@H]1CC(=O)N(c2ccccc2Cl)C1. The van der Waals surface area contributed by atoms with E-state index in [9.17, 15) is 9.59 Å². The van der Waals surface area contributed by atoms with E-state index in [4.69, 9.17) is 16.3 Å². The molecule has 1 atom stereocenters. The lowest BCUT2D eigenvalue weighted by molar-refractivity contribution is -0.139. The van der Waals surface area contributed by atoms with Crippen LogP contribution in [0, 0.1) is 5.92 Å². The molecule has 0 spiro atoms. The summed E-state index contributed by atoms with van der Waals surface area (Å²) in [7, 11) is 0.